The maximum atomic E-state index is 12.6. The zero-order valence-electron chi connectivity index (χ0n) is 16.7. The molecule has 2 aromatic rings. The van der Waals surface area contributed by atoms with Crippen LogP contribution < -0.4 is 5.32 Å². The lowest BCUT2D eigenvalue weighted by Gasteiger charge is -2.21. The molecule has 0 fully saturated rings. The number of rotatable bonds is 6. The van der Waals surface area contributed by atoms with Crippen molar-refractivity contribution >= 4 is 15.9 Å². The van der Waals surface area contributed by atoms with Gasteiger partial charge in [0.1, 0.15) is 0 Å². The zero-order chi connectivity index (χ0) is 20.3. The molecular formula is C22H28N2O3S. The lowest BCUT2D eigenvalue weighted by Crippen LogP contribution is -2.39. The number of amides is 1. The first-order valence-corrected chi connectivity index (χ1v) is 11.2. The van der Waals surface area contributed by atoms with Crippen molar-refractivity contribution in [2.75, 3.05) is 13.6 Å². The van der Waals surface area contributed by atoms with Gasteiger partial charge in [0.05, 0.1) is 17.5 Å². The summed E-state index contributed by atoms with van der Waals surface area (Å²) < 4.78 is 26.4. The van der Waals surface area contributed by atoms with Crippen LogP contribution in [0.15, 0.2) is 47.4 Å². The lowest BCUT2D eigenvalue weighted by molar-refractivity contribution is -0.121. The van der Waals surface area contributed by atoms with Crippen molar-refractivity contribution in [3.63, 3.8) is 0 Å². The number of hydrogen-bond acceptors (Lipinski definition) is 3. The minimum Gasteiger partial charge on any atom is -0.348 e. The lowest BCUT2D eigenvalue weighted by atomic mass is 9.89. The van der Waals surface area contributed by atoms with Gasteiger partial charge in [0.15, 0.2) is 0 Å². The third-order valence-corrected chi connectivity index (χ3v) is 7.16. The van der Waals surface area contributed by atoms with Gasteiger partial charge < -0.3 is 5.32 Å². The number of sulfonamides is 1. The molecule has 0 heterocycles. The van der Waals surface area contributed by atoms with E-state index in [1.807, 2.05) is 13.8 Å². The predicted octanol–water partition coefficient (Wildman–Crippen LogP) is 3.37. The summed E-state index contributed by atoms with van der Waals surface area (Å²) in [6.07, 6.45) is 4.65. The van der Waals surface area contributed by atoms with Crippen LogP contribution in [-0.4, -0.2) is 32.2 Å². The van der Waals surface area contributed by atoms with Crippen LogP contribution in [0.2, 0.25) is 0 Å². The van der Waals surface area contributed by atoms with Crippen molar-refractivity contribution in [2.45, 2.75) is 50.5 Å². The van der Waals surface area contributed by atoms with E-state index in [1.165, 1.54) is 31.0 Å². The third kappa shape index (κ3) is 4.62. The minimum atomic E-state index is -3.69. The summed E-state index contributed by atoms with van der Waals surface area (Å²) >= 11 is 0. The summed E-state index contributed by atoms with van der Waals surface area (Å²) in [5.74, 6) is -0.316. The van der Waals surface area contributed by atoms with Gasteiger partial charge in [-0.2, -0.15) is 4.31 Å². The van der Waals surface area contributed by atoms with Crippen LogP contribution in [0.1, 0.15) is 48.1 Å². The molecule has 0 aliphatic heterocycles. The second kappa shape index (κ2) is 8.45. The minimum absolute atomic E-state index is 0.171. The number of likely N-dealkylation sites (N-methyl/N-ethyl adjacent to an activating group) is 1. The second-order valence-electron chi connectivity index (χ2n) is 7.60. The molecule has 1 N–H and O–H groups in total. The Hall–Kier alpha value is -2.18. The van der Waals surface area contributed by atoms with E-state index in [4.69, 9.17) is 0 Å². The molecule has 0 radical (unpaired) electrons. The van der Waals surface area contributed by atoms with Crippen molar-refractivity contribution in [1.29, 1.82) is 0 Å². The summed E-state index contributed by atoms with van der Waals surface area (Å²) in [6, 6.07) is 12.8. The van der Waals surface area contributed by atoms with Gasteiger partial charge in [0.25, 0.3) is 0 Å². The normalized spacial score (nSPS) is 15.1. The molecule has 0 bridgehead atoms. The van der Waals surface area contributed by atoms with Crippen molar-refractivity contribution in [3.05, 3.63) is 64.7 Å². The standard InChI is InChI=1S/C22H28N2O3S/c1-16-8-12-21(13-9-16)28(26,27)24(3)15-22(25)23-17(2)19-11-10-18-6-4-5-7-20(18)14-19/h8-14,17H,4-7,15H2,1-3H3,(H,23,25). The summed E-state index contributed by atoms with van der Waals surface area (Å²) in [4.78, 5) is 12.6. The van der Waals surface area contributed by atoms with Crippen LogP contribution in [0.4, 0.5) is 0 Å². The molecule has 1 aliphatic rings. The van der Waals surface area contributed by atoms with E-state index in [2.05, 4.69) is 23.5 Å². The molecular weight excluding hydrogens is 372 g/mol. The Labute approximate surface area is 167 Å². The molecule has 1 unspecified atom stereocenters. The summed E-state index contributed by atoms with van der Waals surface area (Å²) in [7, 11) is -2.26. The highest BCUT2D eigenvalue weighted by Gasteiger charge is 2.23. The number of benzene rings is 2. The number of carbonyl (C=O) groups is 1. The summed E-state index contributed by atoms with van der Waals surface area (Å²) in [6.45, 7) is 3.61. The first kappa shape index (κ1) is 20.6. The van der Waals surface area contributed by atoms with Gasteiger partial charge in [-0.1, -0.05) is 35.9 Å². The van der Waals surface area contributed by atoms with Crippen LogP contribution in [0.5, 0.6) is 0 Å². The van der Waals surface area contributed by atoms with E-state index in [0.29, 0.717) is 0 Å². The van der Waals surface area contributed by atoms with Crippen LogP contribution in [0.3, 0.4) is 0 Å². The Kier molecular flexibility index (Phi) is 6.20. The summed E-state index contributed by atoms with van der Waals surface area (Å²) in [5.41, 5.74) is 4.80. The highest BCUT2D eigenvalue weighted by atomic mass is 32.2. The van der Waals surface area contributed by atoms with E-state index in [1.54, 1.807) is 24.3 Å². The van der Waals surface area contributed by atoms with Gasteiger partial charge in [-0.15, -0.1) is 0 Å². The van der Waals surface area contributed by atoms with Gasteiger partial charge in [-0.3, -0.25) is 4.79 Å². The van der Waals surface area contributed by atoms with Gasteiger partial charge in [0, 0.05) is 7.05 Å². The van der Waals surface area contributed by atoms with Crippen LogP contribution in [0, 0.1) is 6.92 Å². The predicted molar refractivity (Wildman–Crippen MR) is 111 cm³/mol. The Morgan fingerprint density at radius 1 is 1.07 bits per heavy atom. The smallest absolute Gasteiger partial charge is 0.243 e. The van der Waals surface area contributed by atoms with Crippen molar-refractivity contribution in [3.8, 4) is 0 Å². The van der Waals surface area contributed by atoms with E-state index in [9.17, 15) is 13.2 Å². The van der Waals surface area contributed by atoms with Gasteiger partial charge in [-0.25, -0.2) is 8.42 Å². The maximum Gasteiger partial charge on any atom is 0.243 e. The second-order valence-corrected chi connectivity index (χ2v) is 9.64. The fourth-order valence-corrected chi connectivity index (χ4v) is 4.70. The molecule has 0 saturated carbocycles. The van der Waals surface area contributed by atoms with E-state index >= 15 is 0 Å². The van der Waals surface area contributed by atoms with E-state index < -0.39 is 10.0 Å². The Bertz CT molecular complexity index is 952. The quantitative estimate of drug-likeness (QED) is 0.808. The Morgan fingerprint density at radius 2 is 1.71 bits per heavy atom. The van der Waals surface area contributed by atoms with Gasteiger partial charge >= 0.3 is 0 Å². The first-order chi connectivity index (χ1) is 13.3. The molecule has 0 aromatic heterocycles. The molecule has 3 rings (SSSR count). The highest BCUT2D eigenvalue weighted by molar-refractivity contribution is 7.89. The number of fused-ring (bicyclic) bond motifs is 1. The van der Waals surface area contributed by atoms with Crippen LogP contribution >= 0.6 is 0 Å². The molecule has 1 atom stereocenters. The molecule has 6 heteroatoms. The molecule has 28 heavy (non-hydrogen) atoms. The maximum absolute atomic E-state index is 12.6. The molecule has 0 saturated heterocycles. The van der Waals surface area contributed by atoms with Crippen LogP contribution in [0.25, 0.3) is 0 Å². The van der Waals surface area contributed by atoms with Gasteiger partial charge in [-0.05, 0) is 68.4 Å². The van der Waals surface area contributed by atoms with E-state index in [-0.39, 0.29) is 23.4 Å². The fraction of sp³-hybridized carbons (Fsp3) is 0.409. The average molecular weight is 401 g/mol. The number of carbonyl (C=O) groups excluding carboxylic acids is 1. The molecule has 150 valence electrons. The molecule has 1 amide bonds. The molecule has 1 aliphatic carbocycles. The Morgan fingerprint density at radius 3 is 2.39 bits per heavy atom. The van der Waals surface area contributed by atoms with Crippen molar-refractivity contribution < 1.29 is 13.2 Å². The number of aryl methyl sites for hydroxylation is 3. The topological polar surface area (TPSA) is 66.5 Å². The highest BCUT2D eigenvalue weighted by Crippen LogP contribution is 2.24. The monoisotopic (exact) mass is 400 g/mol. The molecule has 0 spiro atoms. The number of nitrogens with one attached hydrogen (secondary N) is 1. The third-order valence-electron chi connectivity index (χ3n) is 5.35. The van der Waals surface area contributed by atoms with Crippen molar-refractivity contribution in [1.82, 2.24) is 9.62 Å². The SMILES string of the molecule is Cc1ccc(S(=O)(=O)N(C)CC(=O)NC(C)c2ccc3c(c2)CCCC3)cc1. The molecule has 5 nitrogen and oxygen atoms in total. The van der Waals surface area contributed by atoms with Crippen LogP contribution in [-0.2, 0) is 27.7 Å². The van der Waals surface area contributed by atoms with Gasteiger partial charge in [0.2, 0.25) is 15.9 Å². The zero-order valence-corrected chi connectivity index (χ0v) is 17.6. The largest absolute Gasteiger partial charge is 0.348 e. The van der Waals surface area contributed by atoms with E-state index in [0.717, 1.165) is 28.3 Å². The first-order valence-electron chi connectivity index (χ1n) is 9.71. The Balaban J connectivity index is 1.63. The fourth-order valence-electron chi connectivity index (χ4n) is 3.57. The average Bonchev–Trinajstić information content (AvgIpc) is 2.67. The summed E-state index contributed by atoms with van der Waals surface area (Å²) in [5, 5.41) is 2.92. The number of hydrogen-bond donors (Lipinski definition) is 1. The van der Waals surface area contributed by atoms with Crippen molar-refractivity contribution in [2.24, 2.45) is 0 Å². The molecule has 2 aromatic carbocycles. The number of nitrogens with zero attached hydrogens (tertiary/aromatic N) is 1.